The van der Waals surface area contributed by atoms with Gasteiger partial charge in [-0.1, -0.05) is 15.9 Å². The summed E-state index contributed by atoms with van der Waals surface area (Å²) in [7, 11) is 0. The lowest BCUT2D eigenvalue weighted by Gasteiger charge is -2.01. The molecule has 0 unspecified atom stereocenters. The van der Waals surface area contributed by atoms with Crippen molar-refractivity contribution in [2.24, 2.45) is 0 Å². The lowest BCUT2D eigenvalue weighted by molar-refractivity contribution is 0.103. The average molecular weight is 443 g/mol. The average Bonchev–Trinajstić information content (AvgIpc) is 2.57. The zero-order valence-corrected chi connectivity index (χ0v) is 13.7. The van der Waals surface area contributed by atoms with E-state index >= 15 is 0 Å². The number of hydrogen-bond acceptors (Lipinski definition) is 2. The maximum Gasteiger partial charge on any atom is 0.198 e. The van der Waals surface area contributed by atoms with Crippen LogP contribution in [0.3, 0.4) is 0 Å². The van der Waals surface area contributed by atoms with Gasteiger partial charge in [0.25, 0.3) is 0 Å². The van der Waals surface area contributed by atoms with Gasteiger partial charge in [0.1, 0.15) is 5.82 Å². The van der Waals surface area contributed by atoms with Gasteiger partial charge in [-0.15, -0.1) is 11.3 Å². The van der Waals surface area contributed by atoms with Crippen LogP contribution in [0.5, 0.6) is 0 Å². The van der Waals surface area contributed by atoms with Gasteiger partial charge in [0, 0.05) is 10.0 Å². The molecule has 6 heteroatoms. The Balaban J connectivity index is 2.47. The van der Waals surface area contributed by atoms with Crippen LogP contribution in [0.4, 0.5) is 4.39 Å². The lowest BCUT2D eigenvalue weighted by atomic mass is 10.1. The Morgan fingerprint density at radius 1 is 1.12 bits per heavy atom. The molecule has 88 valence electrons. The minimum Gasteiger partial charge on any atom is -0.288 e. The van der Waals surface area contributed by atoms with E-state index in [2.05, 4.69) is 47.8 Å². The molecule has 1 heterocycles. The fourth-order valence-corrected chi connectivity index (χ4v) is 4.44. The largest absolute Gasteiger partial charge is 0.288 e. The van der Waals surface area contributed by atoms with Crippen LogP contribution < -0.4 is 0 Å². The first-order valence-electron chi connectivity index (χ1n) is 4.43. The summed E-state index contributed by atoms with van der Waals surface area (Å²) < 4.78 is 15.8. The third-order valence-corrected chi connectivity index (χ3v) is 4.91. The molecule has 0 aliphatic carbocycles. The number of halogens is 4. The second-order valence-electron chi connectivity index (χ2n) is 3.19. The summed E-state index contributed by atoms with van der Waals surface area (Å²) in [6.07, 6.45) is 0. The summed E-state index contributed by atoms with van der Waals surface area (Å²) >= 11 is 11.1. The van der Waals surface area contributed by atoms with Gasteiger partial charge in [-0.2, -0.15) is 0 Å². The van der Waals surface area contributed by atoms with Crippen molar-refractivity contribution in [2.45, 2.75) is 0 Å². The van der Waals surface area contributed by atoms with Gasteiger partial charge >= 0.3 is 0 Å². The van der Waals surface area contributed by atoms with Gasteiger partial charge in [0.05, 0.1) is 13.1 Å². The van der Waals surface area contributed by atoms with Crippen molar-refractivity contribution in [3.05, 3.63) is 53.3 Å². The molecule has 2 rings (SSSR count). The van der Waals surface area contributed by atoms with Gasteiger partial charge in [-0.3, -0.25) is 4.79 Å². The zero-order chi connectivity index (χ0) is 12.6. The molecular formula is C11H4Br3FOS. The van der Waals surface area contributed by atoms with Crippen molar-refractivity contribution in [1.82, 2.24) is 0 Å². The molecule has 0 aliphatic heterocycles. The predicted octanol–water partition coefficient (Wildman–Crippen LogP) is 5.41. The summed E-state index contributed by atoms with van der Waals surface area (Å²) in [5.74, 6) is -0.859. The first-order valence-corrected chi connectivity index (χ1v) is 7.63. The molecule has 0 atom stereocenters. The maximum absolute atomic E-state index is 13.7. The minimum absolute atomic E-state index is 0.0687. The summed E-state index contributed by atoms with van der Waals surface area (Å²) in [6, 6.07) is 6.08. The van der Waals surface area contributed by atoms with Gasteiger partial charge < -0.3 is 0 Å². The van der Waals surface area contributed by atoms with E-state index in [0.717, 1.165) is 3.79 Å². The molecule has 0 aliphatic rings. The van der Waals surface area contributed by atoms with E-state index in [-0.39, 0.29) is 11.3 Å². The first-order chi connectivity index (χ1) is 7.99. The monoisotopic (exact) mass is 440 g/mol. The smallest absolute Gasteiger partial charge is 0.198 e. The van der Waals surface area contributed by atoms with E-state index in [4.69, 9.17) is 0 Å². The molecule has 0 spiro atoms. The highest BCUT2D eigenvalue weighted by Crippen LogP contribution is 2.33. The van der Waals surface area contributed by atoms with Gasteiger partial charge in [-0.25, -0.2) is 4.39 Å². The van der Waals surface area contributed by atoms with E-state index in [1.807, 2.05) is 0 Å². The summed E-state index contributed by atoms with van der Waals surface area (Å²) in [5, 5.41) is 0. The van der Waals surface area contributed by atoms with Crippen molar-refractivity contribution < 1.29 is 9.18 Å². The third kappa shape index (κ3) is 2.86. The Kier molecular flexibility index (Phi) is 4.18. The van der Waals surface area contributed by atoms with Crippen LogP contribution >= 0.6 is 59.1 Å². The molecule has 1 aromatic heterocycles. The number of thiophene rings is 1. The highest BCUT2D eigenvalue weighted by Gasteiger charge is 2.18. The van der Waals surface area contributed by atoms with E-state index in [9.17, 15) is 9.18 Å². The molecule has 0 N–H and O–H groups in total. The van der Waals surface area contributed by atoms with E-state index in [0.29, 0.717) is 13.8 Å². The SMILES string of the molecule is O=C(c1ccc(Br)cc1F)c1cc(Br)sc1Br. The second kappa shape index (κ2) is 5.30. The maximum atomic E-state index is 13.7. The Morgan fingerprint density at radius 2 is 1.82 bits per heavy atom. The molecule has 0 amide bonds. The van der Waals surface area contributed by atoms with Crippen molar-refractivity contribution in [1.29, 1.82) is 0 Å². The highest BCUT2D eigenvalue weighted by molar-refractivity contribution is 9.12. The summed E-state index contributed by atoms with van der Waals surface area (Å²) in [5.41, 5.74) is 0.530. The minimum atomic E-state index is -0.529. The first kappa shape index (κ1) is 13.4. The molecule has 0 radical (unpaired) electrons. The molecule has 2 aromatic rings. The number of carbonyl (C=O) groups excluding carboxylic acids is 1. The Bertz CT molecular complexity index is 594. The van der Waals surface area contributed by atoms with Crippen LogP contribution in [0, 0.1) is 5.82 Å². The van der Waals surface area contributed by atoms with Crippen LogP contribution in [0.1, 0.15) is 15.9 Å². The van der Waals surface area contributed by atoms with E-state index in [1.165, 1.54) is 23.5 Å². The highest BCUT2D eigenvalue weighted by atomic mass is 79.9. The number of benzene rings is 1. The van der Waals surface area contributed by atoms with E-state index < -0.39 is 5.82 Å². The van der Waals surface area contributed by atoms with Crippen LogP contribution in [-0.2, 0) is 0 Å². The molecule has 0 saturated carbocycles. The van der Waals surface area contributed by atoms with Crippen molar-refractivity contribution >= 4 is 64.9 Å². The zero-order valence-electron chi connectivity index (χ0n) is 8.14. The lowest BCUT2D eigenvalue weighted by Crippen LogP contribution is -2.03. The Morgan fingerprint density at radius 3 is 2.35 bits per heavy atom. The molecule has 1 aromatic carbocycles. The van der Waals surface area contributed by atoms with Gasteiger partial charge in [0.15, 0.2) is 5.78 Å². The molecule has 0 saturated heterocycles. The Hall–Kier alpha value is -0.0400. The number of ketones is 1. The fraction of sp³-hybridized carbons (Fsp3) is 0. The van der Waals surface area contributed by atoms with E-state index in [1.54, 1.807) is 12.1 Å². The third-order valence-electron chi connectivity index (χ3n) is 2.08. The molecular weight excluding hydrogens is 439 g/mol. The quantitative estimate of drug-likeness (QED) is 0.569. The molecule has 0 bridgehead atoms. The van der Waals surface area contributed by atoms with Crippen molar-refractivity contribution in [3.63, 3.8) is 0 Å². The molecule has 1 nitrogen and oxygen atoms in total. The number of hydrogen-bond donors (Lipinski definition) is 0. The molecule has 17 heavy (non-hydrogen) atoms. The molecule has 0 fully saturated rings. The standard InChI is InChI=1S/C11H4Br3FOS/c12-5-1-2-6(8(15)3-5)10(16)7-4-9(13)17-11(7)14/h1-4H. The normalized spacial score (nSPS) is 10.6. The fourth-order valence-electron chi connectivity index (χ4n) is 1.31. The van der Waals surface area contributed by atoms with Gasteiger partial charge in [0.2, 0.25) is 0 Å². The van der Waals surface area contributed by atoms with Crippen LogP contribution in [0.15, 0.2) is 36.3 Å². The van der Waals surface area contributed by atoms with Crippen LogP contribution in [0.2, 0.25) is 0 Å². The number of carbonyl (C=O) groups is 1. The van der Waals surface area contributed by atoms with Gasteiger partial charge in [-0.05, 0) is 56.1 Å². The summed E-state index contributed by atoms with van der Waals surface area (Å²) in [4.78, 5) is 12.1. The van der Waals surface area contributed by atoms with Crippen molar-refractivity contribution in [2.75, 3.05) is 0 Å². The van der Waals surface area contributed by atoms with Crippen LogP contribution in [0.25, 0.3) is 0 Å². The summed E-state index contributed by atoms with van der Waals surface area (Å²) in [6.45, 7) is 0. The van der Waals surface area contributed by atoms with Crippen molar-refractivity contribution in [3.8, 4) is 0 Å². The second-order valence-corrected chi connectivity index (χ2v) is 7.86. The Labute approximate surface area is 126 Å². The van der Waals surface area contributed by atoms with Crippen LogP contribution in [-0.4, -0.2) is 5.78 Å². The predicted molar refractivity (Wildman–Crippen MR) is 77.3 cm³/mol. The topological polar surface area (TPSA) is 17.1 Å². The number of rotatable bonds is 2.